The topological polar surface area (TPSA) is 15.3 Å². The first-order valence-corrected chi connectivity index (χ1v) is 6.59. The van der Waals surface area contributed by atoms with Gasteiger partial charge in [0.1, 0.15) is 0 Å². The van der Waals surface area contributed by atoms with Crippen LogP contribution >= 0.6 is 0 Å². The summed E-state index contributed by atoms with van der Waals surface area (Å²) in [5, 5.41) is 3.47. The Morgan fingerprint density at radius 2 is 1.80 bits per heavy atom. The SMILES string of the molecule is CCCN(CC)C(C)CCCNC(C)C. The first-order chi connectivity index (χ1) is 7.11. The summed E-state index contributed by atoms with van der Waals surface area (Å²) in [6, 6.07) is 1.36. The van der Waals surface area contributed by atoms with Crippen molar-refractivity contribution >= 4 is 0 Å². The van der Waals surface area contributed by atoms with E-state index in [1.54, 1.807) is 0 Å². The Balaban J connectivity index is 3.56. The molecule has 0 aliphatic heterocycles. The molecule has 0 aliphatic carbocycles. The summed E-state index contributed by atoms with van der Waals surface area (Å²) in [5.41, 5.74) is 0. The highest BCUT2D eigenvalue weighted by molar-refractivity contribution is 4.66. The van der Waals surface area contributed by atoms with Crippen molar-refractivity contribution in [3.63, 3.8) is 0 Å². The molecule has 0 amide bonds. The van der Waals surface area contributed by atoms with Crippen molar-refractivity contribution in [1.29, 1.82) is 0 Å². The number of nitrogens with one attached hydrogen (secondary N) is 1. The normalized spacial score (nSPS) is 13.8. The standard InChI is InChI=1S/C13H30N2/c1-6-11-15(7-2)13(5)9-8-10-14-12(3)4/h12-14H,6-11H2,1-5H3. The van der Waals surface area contributed by atoms with Crippen molar-refractivity contribution in [3.8, 4) is 0 Å². The van der Waals surface area contributed by atoms with Gasteiger partial charge in [0.2, 0.25) is 0 Å². The van der Waals surface area contributed by atoms with Gasteiger partial charge in [-0.05, 0) is 45.8 Å². The van der Waals surface area contributed by atoms with E-state index in [1.807, 2.05) is 0 Å². The zero-order valence-electron chi connectivity index (χ0n) is 11.3. The van der Waals surface area contributed by atoms with E-state index in [0.717, 1.165) is 12.6 Å². The van der Waals surface area contributed by atoms with Gasteiger partial charge in [-0.15, -0.1) is 0 Å². The molecule has 0 aliphatic rings. The summed E-state index contributed by atoms with van der Waals surface area (Å²) >= 11 is 0. The second-order valence-electron chi connectivity index (χ2n) is 4.73. The average Bonchev–Trinajstić information content (AvgIpc) is 2.20. The van der Waals surface area contributed by atoms with Crippen LogP contribution in [-0.4, -0.2) is 36.6 Å². The average molecular weight is 214 g/mol. The van der Waals surface area contributed by atoms with Crippen molar-refractivity contribution < 1.29 is 0 Å². The van der Waals surface area contributed by atoms with Crippen LogP contribution in [0.1, 0.15) is 53.9 Å². The lowest BCUT2D eigenvalue weighted by molar-refractivity contribution is 0.207. The van der Waals surface area contributed by atoms with Gasteiger partial charge in [-0.1, -0.05) is 27.7 Å². The highest BCUT2D eigenvalue weighted by atomic mass is 15.1. The largest absolute Gasteiger partial charge is 0.315 e. The molecule has 1 atom stereocenters. The highest BCUT2D eigenvalue weighted by Gasteiger charge is 2.09. The fourth-order valence-corrected chi connectivity index (χ4v) is 1.95. The molecule has 0 aromatic heterocycles. The Hall–Kier alpha value is -0.0800. The van der Waals surface area contributed by atoms with Crippen molar-refractivity contribution in [2.45, 2.75) is 66.0 Å². The summed E-state index contributed by atoms with van der Waals surface area (Å²) < 4.78 is 0. The van der Waals surface area contributed by atoms with Gasteiger partial charge < -0.3 is 10.2 Å². The minimum Gasteiger partial charge on any atom is -0.315 e. The Morgan fingerprint density at radius 1 is 1.13 bits per heavy atom. The van der Waals surface area contributed by atoms with Crippen LogP contribution in [0.5, 0.6) is 0 Å². The van der Waals surface area contributed by atoms with E-state index in [4.69, 9.17) is 0 Å². The van der Waals surface area contributed by atoms with Gasteiger partial charge in [-0.2, -0.15) is 0 Å². The maximum absolute atomic E-state index is 3.47. The van der Waals surface area contributed by atoms with Crippen LogP contribution in [-0.2, 0) is 0 Å². The summed E-state index contributed by atoms with van der Waals surface area (Å²) in [4.78, 5) is 2.58. The second-order valence-corrected chi connectivity index (χ2v) is 4.73. The molecular weight excluding hydrogens is 184 g/mol. The van der Waals surface area contributed by atoms with E-state index in [-0.39, 0.29) is 0 Å². The molecule has 0 spiro atoms. The van der Waals surface area contributed by atoms with Gasteiger partial charge >= 0.3 is 0 Å². The van der Waals surface area contributed by atoms with Crippen LogP contribution in [0.4, 0.5) is 0 Å². The summed E-state index contributed by atoms with van der Waals surface area (Å²) in [7, 11) is 0. The van der Waals surface area contributed by atoms with Crippen molar-refractivity contribution in [1.82, 2.24) is 10.2 Å². The van der Waals surface area contributed by atoms with E-state index < -0.39 is 0 Å². The van der Waals surface area contributed by atoms with Gasteiger partial charge in [0.05, 0.1) is 0 Å². The molecule has 15 heavy (non-hydrogen) atoms. The van der Waals surface area contributed by atoms with Gasteiger partial charge in [0.15, 0.2) is 0 Å². The van der Waals surface area contributed by atoms with Crippen LogP contribution in [0.25, 0.3) is 0 Å². The van der Waals surface area contributed by atoms with Gasteiger partial charge in [-0.3, -0.25) is 0 Å². The lowest BCUT2D eigenvalue weighted by Gasteiger charge is -2.27. The van der Waals surface area contributed by atoms with Gasteiger partial charge in [0, 0.05) is 12.1 Å². The van der Waals surface area contributed by atoms with Crippen molar-refractivity contribution in [2.24, 2.45) is 0 Å². The predicted molar refractivity (Wildman–Crippen MR) is 69.4 cm³/mol. The van der Waals surface area contributed by atoms with Gasteiger partial charge in [-0.25, -0.2) is 0 Å². The fraction of sp³-hybridized carbons (Fsp3) is 1.00. The number of rotatable bonds is 9. The van der Waals surface area contributed by atoms with Crippen LogP contribution in [0.2, 0.25) is 0 Å². The number of nitrogens with zero attached hydrogens (tertiary/aromatic N) is 1. The summed E-state index contributed by atoms with van der Waals surface area (Å²) in [5.74, 6) is 0. The molecular formula is C13H30N2. The molecule has 2 heteroatoms. The maximum Gasteiger partial charge on any atom is 0.00672 e. The molecule has 2 nitrogen and oxygen atoms in total. The van der Waals surface area contributed by atoms with E-state index in [1.165, 1.54) is 32.4 Å². The first kappa shape index (κ1) is 14.9. The van der Waals surface area contributed by atoms with E-state index >= 15 is 0 Å². The van der Waals surface area contributed by atoms with Crippen LogP contribution in [0.15, 0.2) is 0 Å². The molecule has 0 rings (SSSR count). The van der Waals surface area contributed by atoms with Crippen LogP contribution < -0.4 is 5.32 Å². The Kier molecular flexibility index (Phi) is 9.12. The van der Waals surface area contributed by atoms with Crippen LogP contribution in [0.3, 0.4) is 0 Å². The first-order valence-electron chi connectivity index (χ1n) is 6.59. The summed E-state index contributed by atoms with van der Waals surface area (Å²) in [6.07, 6.45) is 3.87. The Labute approximate surface area is 96.4 Å². The monoisotopic (exact) mass is 214 g/mol. The second kappa shape index (κ2) is 9.17. The lowest BCUT2D eigenvalue weighted by Crippen LogP contribution is -2.34. The number of hydrogen-bond donors (Lipinski definition) is 1. The molecule has 0 radical (unpaired) electrons. The number of hydrogen-bond acceptors (Lipinski definition) is 2. The molecule has 92 valence electrons. The fourth-order valence-electron chi connectivity index (χ4n) is 1.95. The Bertz CT molecular complexity index is 134. The third kappa shape index (κ3) is 7.80. The molecule has 0 heterocycles. The Morgan fingerprint density at radius 3 is 2.27 bits per heavy atom. The highest BCUT2D eigenvalue weighted by Crippen LogP contribution is 2.06. The van der Waals surface area contributed by atoms with Crippen LogP contribution in [0, 0.1) is 0 Å². The zero-order valence-corrected chi connectivity index (χ0v) is 11.3. The van der Waals surface area contributed by atoms with Crippen molar-refractivity contribution in [2.75, 3.05) is 19.6 Å². The predicted octanol–water partition coefficient (Wildman–Crippen LogP) is 2.89. The zero-order chi connectivity index (χ0) is 11.7. The van der Waals surface area contributed by atoms with Gasteiger partial charge in [0.25, 0.3) is 0 Å². The molecule has 0 fully saturated rings. The molecule has 0 aromatic carbocycles. The molecule has 0 saturated carbocycles. The minimum absolute atomic E-state index is 0.623. The van der Waals surface area contributed by atoms with E-state index in [0.29, 0.717) is 6.04 Å². The molecule has 0 aromatic rings. The third-order valence-electron chi connectivity index (χ3n) is 2.89. The quantitative estimate of drug-likeness (QED) is 0.594. The minimum atomic E-state index is 0.623. The molecule has 1 N–H and O–H groups in total. The maximum atomic E-state index is 3.47. The van der Waals surface area contributed by atoms with Crippen molar-refractivity contribution in [3.05, 3.63) is 0 Å². The van der Waals surface area contributed by atoms with E-state index in [2.05, 4.69) is 44.8 Å². The molecule has 0 bridgehead atoms. The van der Waals surface area contributed by atoms with E-state index in [9.17, 15) is 0 Å². The molecule has 0 saturated heterocycles. The smallest absolute Gasteiger partial charge is 0.00672 e. The lowest BCUT2D eigenvalue weighted by atomic mass is 10.1. The third-order valence-corrected chi connectivity index (χ3v) is 2.89. The molecule has 1 unspecified atom stereocenters. The summed E-state index contributed by atoms with van der Waals surface area (Å²) in [6.45, 7) is 14.9.